The minimum Gasteiger partial charge on any atom is -0.365 e. The van der Waals surface area contributed by atoms with Gasteiger partial charge < -0.3 is 21.7 Å². The molecule has 1 amide bonds. The number of nitrogens with one attached hydrogen (secondary N) is 3. The van der Waals surface area contributed by atoms with Crippen LogP contribution >= 0.6 is 15.9 Å². The van der Waals surface area contributed by atoms with Gasteiger partial charge in [0.2, 0.25) is 11.9 Å². The molecule has 3 aromatic carbocycles. The molecule has 0 fully saturated rings. The fourth-order valence-corrected chi connectivity index (χ4v) is 3.89. The SMILES string of the molecule is Cc1cccc(CNc2nc(Nc3cccc(NC(=O)C(N)Cc4ccccc4)c3)ncc2Br)c1. The number of aryl methyl sites for hydroxylation is 1. The van der Waals surface area contributed by atoms with Crippen molar-refractivity contribution < 1.29 is 4.79 Å². The Kier molecular flexibility index (Phi) is 8.07. The number of amides is 1. The van der Waals surface area contributed by atoms with E-state index in [0.29, 0.717) is 30.4 Å². The van der Waals surface area contributed by atoms with E-state index in [1.807, 2.05) is 60.7 Å². The maximum absolute atomic E-state index is 12.6. The van der Waals surface area contributed by atoms with Gasteiger partial charge in [0.25, 0.3) is 0 Å². The molecule has 0 aliphatic heterocycles. The van der Waals surface area contributed by atoms with Gasteiger partial charge in [-0.25, -0.2) is 4.98 Å². The number of rotatable bonds is 9. The number of carbonyl (C=O) groups is 1. The van der Waals surface area contributed by atoms with E-state index in [9.17, 15) is 4.79 Å². The first-order valence-electron chi connectivity index (χ1n) is 11.3. The Morgan fingerprint density at radius 3 is 2.51 bits per heavy atom. The first-order valence-corrected chi connectivity index (χ1v) is 12.0. The van der Waals surface area contributed by atoms with Gasteiger partial charge in [-0.2, -0.15) is 4.98 Å². The summed E-state index contributed by atoms with van der Waals surface area (Å²) in [7, 11) is 0. The lowest BCUT2D eigenvalue weighted by Gasteiger charge is -2.14. The van der Waals surface area contributed by atoms with Crippen LogP contribution in [0.1, 0.15) is 16.7 Å². The molecule has 0 saturated heterocycles. The predicted octanol–water partition coefficient (Wildman–Crippen LogP) is 5.41. The second-order valence-electron chi connectivity index (χ2n) is 8.22. The highest BCUT2D eigenvalue weighted by molar-refractivity contribution is 9.10. The summed E-state index contributed by atoms with van der Waals surface area (Å²) in [6.07, 6.45) is 2.16. The molecular weight excluding hydrogens is 504 g/mol. The zero-order valence-electron chi connectivity index (χ0n) is 19.3. The molecule has 4 rings (SSSR count). The van der Waals surface area contributed by atoms with Crippen molar-refractivity contribution in [2.45, 2.75) is 25.9 Å². The molecule has 7 nitrogen and oxygen atoms in total. The van der Waals surface area contributed by atoms with Gasteiger partial charge in [0.1, 0.15) is 5.82 Å². The third-order valence-corrected chi connectivity index (χ3v) is 5.89. The molecule has 0 aliphatic rings. The number of hydrogen-bond donors (Lipinski definition) is 4. The summed E-state index contributed by atoms with van der Waals surface area (Å²) in [6, 6.07) is 24.7. The zero-order chi connectivity index (χ0) is 24.6. The standard InChI is InChI=1S/C27H27BrN6O/c1-18-7-5-10-20(13-18)16-30-25-23(28)17-31-27(34-25)33-22-12-6-11-21(15-22)32-26(35)24(29)14-19-8-3-2-4-9-19/h2-13,15,17,24H,14,16,29H2,1H3,(H,32,35)(H2,30,31,33,34). The van der Waals surface area contributed by atoms with Crippen LogP contribution in [0.5, 0.6) is 0 Å². The Bertz CT molecular complexity index is 1300. The Balaban J connectivity index is 1.39. The lowest BCUT2D eigenvalue weighted by atomic mass is 10.1. The zero-order valence-corrected chi connectivity index (χ0v) is 20.9. The van der Waals surface area contributed by atoms with Crippen molar-refractivity contribution in [3.8, 4) is 0 Å². The molecule has 1 atom stereocenters. The fourth-order valence-electron chi connectivity index (χ4n) is 3.56. The number of benzene rings is 3. The van der Waals surface area contributed by atoms with Gasteiger partial charge in [-0.05, 0) is 58.6 Å². The molecule has 0 spiro atoms. The highest BCUT2D eigenvalue weighted by Crippen LogP contribution is 2.24. The molecular formula is C27H27BrN6O. The first kappa shape index (κ1) is 24.4. The summed E-state index contributed by atoms with van der Waals surface area (Å²) in [5, 5.41) is 9.43. The molecule has 0 saturated carbocycles. The van der Waals surface area contributed by atoms with Crippen LogP contribution in [0.15, 0.2) is 89.5 Å². The molecule has 1 unspecified atom stereocenters. The van der Waals surface area contributed by atoms with E-state index >= 15 is 0 Å². The number of anilines is 4. The van der Waals surface area contributed by atoms with Gasteiger partial charge in [0.05, 0.1) is 10.5 Å². The molecule has 1 aromatic heterocycles. The summed E-state index contributed by atoms with van der Waals surface area (Å²) in [5.74, 6) is 0.873. The van der Waals surface area contributed by atoms with Crippen LogP contribution in [0, 0.1) is 6.92 Å². The average Bonchev–Trinajstić information content (AvgIpc) is 2.85. The molecule has 0 radical (unpaired) electrons. The average molecular weight is 531 g/mol. The van der Waals surface area contributed by atoms with Crippen molar-refractivity contribution in [1.82, 2.24) is 9.97 Å². The number of carbonyl (C=O) groups excluding carboxylic acids is 1. The third-order valence-electron chi connectivity index (χ3n) is 5.31. The highest BCUT2D eigenvalue weighted by Gasteiger charge is 2.14. The summed E-state index contributed by atoms with van der Waals surface area (Å²) in [4.78, 5) is 21.5. The number of nitrogens with two attached hydrogens (primary N) is 1. The van der Waals surface area contributed by atoms with Crippen molar-refractivity contribution in [3.63, 3.8) is 0 Å². The molecule has 4 aromatic rings. The van der Waals surface area contributed by atoms with Gasteiger partial charge in [-0.15, -0.1) is 0 Å². The molecule has 178 valence electrons. The van der Waals surface area contributed by atoms with Crippen LogP contribution in [-0.4, -0.2) is 21.9 Å². The van der Waals surface area contributed by atoms with Crippen LogP contribution < -0.4 is 21.7 Å². The first-order chi connectivity index (χ1) is 17.0. The monoisotopic (exact) mass is 530 g/mol. The quantitative estimate of drug-likeness (QED) is 0.230. The van der Waals surface area contributed by atoms with Gasteiger partial charge in [0, 0.05) is 24.1 Å². The molecule has 5 N–H and O–H groups in total. The van der Waals surface area contributed by atoms with E-state index in [0.717, 1.165) is 15.7 Å². The van der Waals surface area contributed by atoms with Crippen molar-refractivity contribution >= 4 is 45.0 Å². The maximum atomic E-state index is 12.6. The second-order valence-corrected chi connectivity index (χ2v) is 9.08. The Hall–Kier alpha value is -3.75. The summed E-state index contributed by atoms with van der Waals surface area (Å²) in [5.41, 5.74) is 10.9. The predicted molar refractivity (Wildman–Crippen MR) is 145 cm³/mol. The largest absolute Gasteiger partial charge is 0.365 e. The van der Waals surface area contributed by atoms with Crippen LogP contribution in [0.4, 0.5) is 23.1 Å². The van der Waals surface area contributed by atoms with Crippen LogP contribution in [-0.2, 0) is 17.8 Å². The van der Waals surface area contributed by atoms with Gasteiger partial charge in [0.15, 0.2) is 0 Å². The molecule has 0 aliphatic carbocycles. The van der Waals surface area contributed by atoms with Gasteiger partial charge >= 0.3 is 0 Å². The number of nitrogens with zero attached hydrogens (tertiary/aromatic N) is 2. The van der Waals surface area contributed by atoms with Crippen LogP contribution in [0.25, 0.3) is 0 Å². The van der Waals surface area contributed by atoms with Crippen molar-refractivity contribution in [2.75, 3.05) is 16.0 Å². The number of hydrogen-bond acceptors (Lipinski definition) is 6. The summed E-state index contributed by atoms with van der Waals surface area (Å²) < 4.78 is 0.768. The van der Waals surface area contributed by atoms with E-state index in [1.165, 1.54) is 11.1 Å². The van der Waals surface area contributed by atoms with Crippen LogP contribution in [0.2, 0.25) is 0 Å². The lowest BCUT2D eigenvalue weighted by Crippen LogP contribution is -2.37. The Morgan fingerprint density at radius 1 is 0.971 bits per heavy atom. The van der Waals surface area contributed by atoms with Crippen molar-refractivity contribution in [2.24, 2.45) is 5.73 Å². The van der Waals surface area contributed by atoms with E-state index in [2.05, 4.69) is 67.0 Å². The van der Waals surface area contributed by atoms with Crippen molar-refractivity contribution in [3.05, 3.63) is 106 Å². The normalized spacial score (nSPS) is 11.5. The van der Waals surface area contributed by atoms with E-state index in [4.69, 9.17) is 5.73 Å². The fraction of sp³-hybridized carbons (Fsp3) is 0.148. The Morgan fingerprint density at radius 2 is 1.71 bits per heavy atom. The third kappa shape index (κ3) is 7.11. The van der Waals surface area contributed by atoms with E-state index in [1.54, 1.807) is 6.20 Å². The maximum Gasteiger partial charge on any atom is 0.241 e. The topological polar surface area (TPSA) is 105 Å². The van der Waals surface area contributed by atoms with E-state index < -0.39 is 6.04 Å². The number of aromatic nitrogens is 2. The second kappa shape index (κ2) is 11.6. The molecule has 8 heteroatoms. The van der Waals surface area contributed by atoms with E-state index in [-0.39, 0.29) is 5.91 Å². The molecule has 35 heavy (non-hydrogen) atoms. The molecule has 1 heterocycles. The summed E-state index contributed by atoms with van der Waals surface area (Å²) in [6.45, 7) is 2.71. The smallest absolute Gasteiger partial charge is 0.241 e. The lowest BCUT2D eigenvalue weighted by molar-refractivity contribution is -0.117. The summed E-state index contributed by atoms with van der Waals surface area (Å²) >= 11 is 3.51. The minimum absolute atomic E-state index is 0.242. The Labute approximate surface area is 213 Å². The van der Waals surface area contributed by atoms with Gasteiger partial charge in [-0.3, -0.25) is 4.79 Å². The highest BCUT2D eigenvalue weighted by atomic mass is 79.9. The minimum atomic E-state index is -0.647. The van der Waals surface area contributed by atoms with Crippen LogP contribution in [0.3, 0.4) is 0 Å². The number of halogens is 1. The van der Waals surface area contributed by atoms with Gasteiger partial charge in [-0.1, -0.05) is 66.2 Å². The molecule has 0 bridgehead atoms. The van der Waals surface area contributed by atoms with Crippen molar-refractivity contribution in [1.29, 1.82) is 0 Å².